The number of carbonyl (C=O) groups excluding carboxylic acids is 1. The molecular weight excluding hydrogens is 467 g/mol. The number of nitrogens with zero attached hydrogens (tertiary/aromatic N) is 1. The Bertz CT molecular complexity index is 969. The fraction of sp³-hybridized carbons (Fsp3) is 0.350. The van der Waals surface area contributed by atoms with Crippen molar-refractivity contribution in [1.29, 1.82) is 0 Å². The molecule has 0 aliphatic rings. The van der Waals surface area contributed by atoms with Crippen LogP contribution in [-0.2, 0) is 20.6 Å². The second kappa shape index (κ2) is 11.1. The fourth-order valence-electron chi connectivity index (χ4n) is 2.75. The monoisotopic (exact) mass is 490 g/mol. The highest BCUT2D eigenvalue weighted by atomic mass is 35.5. The number of amides is 1. The first-order chi connectivity index (χ1) is 14.1. The van der Waals surface area contributed by atoms with Crippen molar-refractivity contribution < 1.29 is 17.9 Å². The lowest BCUT2D eigenvalue weighted by molar-refractivity contribution is -0.121. The van der Waals surface area contributed by atoms with E-state index in [0.29, 0.717) is 39.5 Å². The quantitative estimate of drug-likeness (QED) is 0.504. The molecular formula is C20H24Cl2N2O4S2. The molecule has 2 aromatic carbocycles. The first-order valence-corrected chi connectivity index (χ1v) is 12.8. The van der Waals surface area contributed by atoms with Crippen LogP contribution in [0.4, 0.5) is 5.69 Å². The van der Waals surface area contributed by atoms with Crippen molar-refractivity contribution in [3.63, 3.8) is 0 Å². The number of anilines is 1. The summed E-state index contributed by atoms with van der Waals surface area (Å²) in [5, 5.41) is 3.99. The van der Waals surface area contributed by atoms with E-state index < -0.39 is 16.1 Å². The number of carbonyl (C=O) groups is 1. The van der Waals surface area contributed by atoms with Gasteiger partial charge in [0.2, 0.25) is 15.9 Å². The van der Waals surface area contributed by atoms with Gasteiger partial charge in [-0.25, -0.2) is 8.42 Å². The molecule has 0 bridgehead atoms. The predicted octanol–water partition coefficient (Wildman–Crippen LogP) is 4.21. The lowest BCUT2D eigenvalue weighted by Gasteiger charge is -2.28. The molecule has 0 fully saturated rings. The Morgan fingerprint density at radius 2 is 1.87 bits per heavy atom. The molecule has 164 valence electrons. The van der Waals surface area contributed by atoms with Crippen LogP contribution in [0.25, 0.3) is 0 Å². The first-order valence-electron chi connectivity index (χ1n) is 9.06. The third-order valence-corrected chi connectivity index (χ3v) is 7.07. The van der Waals surface area contributed by atoms with Crippen molar-refractivity contribution in [2.45, 2.75) is 18.7 Å². The van der Waals surface area contributed by atoms with E-state index in [0.717, 1.165) is 16.1 Å². The van der Waals surface area contributed by atoms with Crippen LogP contribution >= 0.6 is 35.0 Å². The maximum atomic E-state index is 12.6. The van der Waals surface area contributed by atoms with E-state index in [9.17, 15) is 13.2 Å². The Labute approximate surface area is 191 Å². The summed E-state index contributed by atoms with van der Waals surface area (Å²) in [6, 6.07) is 11.0. The molecule has 0 aliphatic heterocycles. The Balaban J connectivity index is 1.91. The normalized spacial score (nSPS) is 12.3. The highest BCUT2D eigenvalue weighted by Gasteiger charge is 2.28. The highest BCUT2D eigenvalue weighted by Crippen LogP contribution is 2.25. The molecule has 0 saturated heterocycles. The molecule has 1 N–H and O–H groups in total. The number of benzene rings is 2. The maximum Gasteiger partial charge on any atom is 0.243 e. The summed E-state index contributed by atoms with van der Waals surface area (Å²) in [7, 11) is -2.13. The van der Waals surface area contributed by atoms with Gasteiger partial charge in [0.1, 0.15) is 11.8 Å². The van der Waals surface area contributed by atoms with E-state index in [4.69, 9.17) is 27.9 Å². The zero-order chi connectivity index (χ0) is 22.3. The Kier molecular flexibility index (Phi) is 9.15. The summed E-state index contributed by atoms with van der Waals surface area (Å²) in [4.78, 5) is 12.6. The highest BCUT2D eigenvalue weighted by molar-refractivity contribution is 7.98. The standard InChI is InChI=1S/C20H24Cl2N2O4S2/c1-14(24(30(3,26)27)17-6-8-18(28-2)9-7-17)20(25)23-10-11-29-13-15-4-5-16(21)12-19(15)22/h4-9,12,14H,10-11,13H2,1-3H3,(H,23,25)/t14-/m1/s1. The third-order valence-electron chi connectivity index (χ3n) is 4.23. The number of halogens is 2. The molecule has 2 aromatic rings. The van der Waals surface area contributed by atoms with Crippen LogP contribution in [0.1, 0.15) is 12.5 Å². The maximum absolute atomic E-state index is 12.6. The van der Waals surface area contributed by atoms with Crippen molar-refractivity contribution in [1.82, 2.24) is 5.32 Å². The summed E-state index contributed by atoms with van der Waals surface area (Å²) in [6.07, 6.45) is 1.08. The zero-order valence-corrected chi connectivity index (χ0v) is 20.0. The van der Waals surface area contributed by atoms with Crippen LogP contribution in [-0.4, -0.2) is 46.0 Å². The molecule has 0 saturated carbocycles. The number of nitrogens with one attached hydrogen (secondary N) is 1. The average Bonchev–Trinajstić information content (AvgIpc) is 2.68. The van der Waals surface area contributed by atoms with Gasteiger partial charge in [0.05, 0.1) is 19.1 Å². The van der Waals surface area contributed by atoms with Gasteiger partial charge in [0.25, 0.3) is 0 Å². The number of hydrogen-bond donors (Lipinski definition) is 1. The molecule has 1 amide bonds. The second-order valence-electron chi connectivity index (χ2n) is 6.51. The summed E-state index contributed by atoms with van der Waals surface area (Å²) in [5.41, 5.74) is 1.36. The van der Waals surface area contributed by atoms with Crippen LogP contribution in [0.15, 0.2) is 42.5 Å². The number of ether oxygens (including phenoxy) is 1. The molecule has 6 nitrogen and oxygen atoms in total. The summed E-state index contributed by atoms with van der Waals surface area (Å²) in [5.74, 6) is 1.56. The van der Waals surface area contributed by atoms with Crippen LogP contribution in [0.5, 0.6) is 5.75 Å². The molecule has 0 radical (unpaired) electrons. The van der Waals surface area contributed by atoms with Crippen LogP contribution < -0.4 is 14.4 Å². The van der Waals surface area contributed by atoms with Gasteiger partial charge in [-0.05, 0) is 48.9 Å². The van der Waals surface area contributed by atoms with Crippen LogP contribution in [0.3, 0.4) is 0 Å². The van der Waals surface area contributed by atoms with E-state index >= 15 is 0 Å². The van der Waals surface area contributed by atoms with E-state index in [-0.39, 0.29) is 5.91 Å². The molecule has 0 spiro atoms. The van der Waals surface area contributed by atoms with Crippen molar-refractivity contribution >= 4 is 56.6 Å². The van der Waals surface area contributed by atoms with Crippen molar-refractivity contribution in [3.8, 4) is 5.75 Å². The summed E-state index contributed by atoms with van der Waals surface area (Å²) >= 11 is 13.6. The van der Waals surface area contributed by atoms with Gasteiger partial charge in [-0.3, -0.25) is 9.10 Å². The van der Waals surface area contributed by atoms with Crippen molar-refractivity contribution in [2.24, 2.45) is 0 Å². The minimum absolute atomic E-state index is 0.374. The molecule has 10 heteroatoms. The molecule has 0 unspecified atom stereocenters. The van der Waals surface area contributed by atoms with Gasteiger partial charge >= 0.3 is 0 Å². The van der Waals surface area contributed by atoms with E-state index in [1.54, 1.807) is 55.1 Å². The Morgan fingerprint density at radius 3 is 2.43 bits per heavy atom. The molecule has 0 aromatic heterocycles. The third kappa shape index (κ3) is 6.97. The van der Waals surface area contributed by atoms with Crippen LogP contribution in [0, 0.1) is 0 Å². The van der Waals surface area contributed by atoms with Gasteiger partial charge in [0.15, 0.2) is 0 Å². The van der Waals surface area contributed by atoms with Crippen molar-refractivity contribution in [3.05, 3.63) is 58.1 Å². The number of rotatable bonds is 10. The van der Waals surface area contributed by atoms with Gasteiger partial charge in [-0.1, -0.05) is 29.3 Å². The van der Waals surface area contributed by atoms with Crippen LogP contribution in [0.2, 0.25) is 10.0 Å². The average molecular weight is 491 g/mol. The molecule has 2 rings (SSSR count). The number of hydrogen-bond acceptors (Lipinski definition) is 5. The minimum Gasteiger partial charge on any atom is -0.497 e. The Hall–Kier alpha value is -1.61. The topological polar surface area (TPSA) is 75.7 Å². The van der Waals surface area contributed by atoms with E-state index in [1.807, 2.05) is 6.07 Å². The predicted molar refractivity (Wildman–Crippen MR) is 125 cm³/mol. The second-order valence-corrected chi connectivity index (χ2v) is 10.3. The zero-order valence-electron chi connectivity index (χ0n) is 16.9. The van der Waals surface area contributed by atoms with E-state index in [2.05, 4.69) is 5.32 Å². The van der Waals surface area contributed by atoms with Gasteiger partial charge in [0, 0.05) is 28.1 Å². The molecule has 30 heavy (non-hydrogen) atoms. The number of sulfonamides is 1. The summed E-state index contributed by atoms with van der Waals surface area (Å²) in [6.45, 7) is 1.96. The lowest BCUT2D eigenvalue weighted by Crippen LogP contribution is -2.48. The van der Waals surface area contributed by atoms with Gasteiger partial charge in [-0.2, -0.15) is 11.8 Å². The summed E-state index contributed by atoms with van der Waals surface area (Å²) < 4.78 is 30.8. The fourth-order valence-corrected chi connectivity index (χ4v) is 5.34. The Morgan fingerprint density at radius 1 is 1.20 bits per heavy atom. The van der Waals surface area contributed by atoms with Gasteiger partial charge in [-0.15, -0.1) is 0 Å². The first kappa shape index (κ1) is 24.7. The smallest absolute Gasteiger partial charge is 0.243 e. The van der Waals surface area contributed by atoms with Gasteiger partial charge < -0.3 is 10.1 Å². The number of thioether (sulfide) groups is 1. The van der Waals surface area contributed by atoms with Crippen molar-refractivity contribution in [2.75, 3.05) is 30.0 Å². The lowest BCUT2D eigenvalue weighted by atomic mass is 10.2. The SMILES string of the molecule is COc1ccc(N([C@H](C)C(=O)NCCSCc2ccc(Cl)cc2Cl)S(C)(=O)=O)cc1. The molecule has 0 heterocycles. The molecule has 0 aliphatic carbocycles. The van der Waals surface area contributed by atoms with E-state index in [1.165, 1.54) is 7.11 Å². The molecule has 1 atom stereocenters. The number of methoxy groups -OCH3 is 1. The minimum atomic E-state index is -3.66. The largest absolute Gasteiger partial charge is 0.497 e.